The standard InChI is InChI=1S/C31H38O5/c1-20(2)8-15-25-29(34)28(27(33)17-12-23-10-13-24(32)14-11-23)31(35-7)26(16-9-21(3)4)30(25)36-19-18-22(5)6/h8-14,17-18,32,34H,15-16,19H2,1-7H3. The van der Waals surface area contributed by atoms with Gasteiger partial charge in [-0.3, -0.25) is 4.79 Å². The second kappa shape index (κ2) is 13.4. The molecule has 0 atom stereocenters. The SMILES string of the molecule is COc1c(CC=C(C)C)c(OCC=C(C)C)c(CC=C(C)C)c(O)c1C(=O)C=Cc1ccc(O)cc1. The van der Waals surface area contributed by atoms with Crippen LogP contribution in [0.3, 0.4) is 0 Å². The lowest BCUT2D eigenvalue weighted by Gasteiger charge is -2.22. The number of phenolic OH excluding ortho intramolecular Hbond substituents is 2. The molecule has 0 saturated carbocycles. The van der Waals surface area contributed by atoms with Gasteiger partial charge < -0.3 is 19.7 Å². The maximum absolute atomic E-state index is 13.4. The van der Waals surface area contributed by atoms with Crippen molar-refractivity contribution in [3.05, 3.63) is 87.5 Å². The van der Waals surface area contributed by atoms with Crippen LogP contribution in [0.15, 0.2) is 65.3 Å². The van der Waals surface area contributed by atoms with E-state index in [1.807, 2.05) is 59.8 Å². The average molecular weight is 491 g/mol. The highest BCUT2D eigenvalue weighted by Crippen LogP contribution is 2.45. The van der Waals surface area contributed by atoms with E-state index in [2.05, 4.69) is 0 Å². The highest BCUT2D eigenvalue weighted by Gasteiger charge is 2.27. The third-order valence-corrected chi connectivity index (χ3v) is 5.49. The summed E-state index contributed by atoms with van der Waals surface area (Å²) in [5.74, 6) is 0.465. The fourth-order valence-corrected chi connectivity index (χ4v) is 3.55. The van der Waals surface area contributed by atoms with Gasteiger partial charge in [-0.2, -0.15) is 0 Å². The first-order valence-corrected chi connectivity index (χ1v) is 12.0. The maximum Gasteiger partial charge on any atom is 0.193 e. The zero-order valence-electron chi connectivity index (χ0n) is 22.4. The van der Waals surface area contributed by atoms with Gasteiger partial charge in [0.1, 0.15) is 35.2 Å². The second-order valence-electron chi connectivity index (χ2n) is 9.40. The molecular formula is C31H38O5. The molecule has 0 aliphatic carbocycles. The summed E-state index contributed by atoms with van der Waals surface area (Å²) in [6.45, 7) is 12.3. The van der Waals surface area contributed by atoms with Gasteiger partial charge in [-0.25, -0.2) is 0 Å². The number of allylic oxidation sites excluding steroid dienone is 6. The molecule has 0 aliphatic rings. The van der Waals surface area contributed by atoms with Gasteiger partial charge in [0.15, 0.2) is 5.78 Å². The Morgan fingerprint density at radius 2 is 1.36 bits per heavy atom. The first kappa shape index (κ1) is 28.5. The molecule has 0 unspecified atom stereocenters. The lowest BCUT2D eigenvalue weighted by atomic mass is 9.93. The molecular weight excluding hydrogens is 452 g/mol. The lowest BCUT2D eigenvalue weighted by molar-refractivity contribution is 0.104. The number of phenols is 2. The normalized spacial score (nSPS) is 10.6. The predicted molar refractivity (Wildman–Crippen MR) is 147 cm³/mol. The van der Waals surface area contributed by atoms with E-state index in [1.165, 1.54) is 13.2 Å². The summed E-state index contributed by atoms with van der Waals surface area (Å²) in [5, 5.41) is 20.9. The minimum atomic E-state index is -0.384. The van der Waals surface area contributed by atoms with Crippen molar-refractivity contribution >= 4 is 11.9 Å². The van der Waals surface area contributed by atoms with Crippen molar-refractivity contribution in [1.29, 1.82) is 0 Å². The fourth-order valence-electron chi connectivity index (χ4n) is 3.55. The smallest absolute Gasteiger partial charge is 0.193 e. The summed E-state index contributed by atoms with van der Waals surface area (Å²) >= 11 is 0. The number of hydrogen-bond acceptors (Lipinski definition) is 5. The van der Waals surface area contributed by atoms with Crippen molar-refractivity contribution in [1.82, 2.24) is 0 Å². The monoisotopic (exact) mass is 490 g/mol. The molecule has 0 aliphatic heterocycles. The molecule has 0 saturated heterocycles. The van der Waals surface area contributed by atoms with E-state index in [1.54, 1.807) is 30.3 Å². The van der Waals surface area contributed by atoms with Crippen LogP contribution >= 0.6 is 0 Å². The van der Waals surface area contributed by atoms with Gasteiger partial charge in [-0.15, -0.1) is 0 Å². The van der Waals surface area contributed by atoms with E-state index in [0.29, 0.717) is 36.5 Å². The molecule has 192 valence electrons. The molecule has 2 aromatic carbocycles. The summed E-state index contributed by atoms with van der Waals surface area (Å²) < 4.78 is 12.0. The summed E-state index contributed by atoms with van der Waals surface area (Å²) in [4.78, 5) is 13.4. The first-order chi connectivity index (χ1) is 17.0. The number of hydrogen-bond donors (Lipinski definition) is 2. The van der Waals surface area contributed by atoms with E-state index in [9.17, 15) is 15.0 Å². The maximum atomic E-state index is 13.4. The molecule has 0 bridgehead atoms. The zero-order valence-corrected chi connectivity index (χ0v) is 22.4. The topological polar surface area (TPSA) is 76.0 Å². The van der Waals surface area contributed by atoms with Crippen LogP contribution in [-0.4, -0.2) is 29.7 Å². The van der Waals surface area contributed by atoms with Crippen LogP contribution in [0.2, 0.25) is 0 Å². The summed E-state index contributed by atoms with van der Waals surface area (Å²) in [5.41, 5.74) is 5.45. The second-order valence-corrected chi connectivity index (χ2v) is 9.40. The van der Waals surface area contributed by atoms with E-state index in [0.717, 1.165) is 27.8 Å². The van der Waals surface area contributed by atoms with Crippen molar-refractivity contribution in [2.24, 2.45) is 0 Å². The Bertz CT molecular complexity index is 1180. The minimum absolute atomic E-state index is 0.108. The fraction of sp³-hybridized carbons (Fsp3) is 0.323. The van der Waals surface area contributed by atoms with Crippen LogP contribution in [-0.2, 0) is 12.8 Å². The van der Waals surface area contributed by atoms with Gasteiger partial charge >= 0.3 is 0 Å². The molecule has 0 heterocycles. The Hall–Kier alpha value is -3.73. The van der Waals surface area contributed by atoms with Crippen molar-refractivity contribution in [3.8, 4) is 23.0 Å². The third-order valence-electron chi connectivity index (χ3n) is 5.49. The zero-order chi connectivity index (χ0) is 26.8. The number of methoxy groups -OCH3 is 1. The van der Waals surface area contributed by atoms with Crippen molar-refractivity contribution in [2.45, 2.75) is 54.4 Å². The van der Waals surface area contributed by atoms with Crippen LogP contribution in [0.4, 0.5) is 0 Å². The molecule has 0 aromatic heterocycles. The van der Waals surface area contributed by atoms with Crippen LogP contribution in [0.1, 0.15) is 68.6 Å². The quantitative estimate of drug-likeness (QED) is 0.195. The predicted octanol–water partition coefficient (Wildman–Crippen LogP) is 7.36. The van der Waals surface area contributed by atoms with Gasteiger partial charge in [-0.05, 0) is 84.2 Å². The highest BCUT2D eigenvalue weighted by molar-refractivity contribution is 6.11. The van der Waals surface area contributed by atoms with Gasteiger partial charge in [0, 0.05) is 11.1 Å². The Morgan fingerprint density at radius 3 is 1.89 bits per heavy atom. The number of rotatable bonds is 11. The molecule has 2 aromatic rings. The summed E-state index contributed by atoms with van der Waals surface area (Å²) in [6, 6.07) is 6.51. The van der Waals surface area contributed by atoms with Crippen LogP contribution in [0, 0.1) is 0 Å². The Balaban J connectivity index is 2.75. The van der Waals surface area contributed by atoms with Crippen molar-refractivity contribution in [3.63, 3.8) is 0 Å². The van der Waals surface area contributed by atoms with Crippen LogP contribution in [0.5, 0.6) is 23.0 Å². The molecule has 2 rings (SSSR count). The van der Waals surface area contributed by atoms with Crippen LogP contribution < -0.4 is 9.47 Å². The van der Waals surface area contributed by atoms with Gasteiger partial charge in [0.25, 0.3) is 0 Å². The molecule has 0 amide bonds. The number of carbonyl (C=O) groups is 1. The molecule has 0 spiro atoms. The Kier molecular flexibility index (Phi) is 10.6. The first-order valence-electron chi connectivity index (χ1n) is 12.0. The van der Waals surface area contributed by atoms with Gasteiger partial charge in [0.2, 0.25) is 0 Å². The van der Waals surface area contributed by atoms with Crippen molar-refractivity contribution < 1.29 is 24.5 Å². The minimum Gasteiger partial charge on any atom is -0.508 e. The van der Waals surface area contributed by atoms with Crippen molar-refractivity contribution in [2.75, 3.05) is 13.7 Å². The van der Waals surface area contributed by atoms with E-state index < -0.39 is 0 Å². The Morgan fingerprint density at radius 1 is 0.806 bits per heavy atom. The number of carbonyl (C=O) groups excluding carboxylic acids is 1. The third kappa shape index (κ3) is 7.91. The Labute approximate surface area is 215 Å². The molecule has 5 nitrogen and oxygen atoms in total. The molecule has 36 heavy (non-hydrogen) atoms. The highest BCUT2D eigenvalue weighted by atomic mass is 16.5. The molecule has 0 radical (unpaired) electrons. The summed E-state index contributed by atoms with van der Waals surface area (Å²) in [7, 11) is 1.50. The number of ketones is 1. The van der Waals surface area contributed by atoms with Crippen LogP contribution in [0.25, 0.3) is 6.08 Å². The van der Waals surface area contributed by atoms with E-state index >= 15 is 0 Å². The molecule has 0 fully saturated rings. The van der Waals surface area contributed by atoms with E-state index in [4.69, 9.17) is 9.47 Å². The lowest BCUT2D eigenvalue weighted by Crippen LogP contribution is -2.10. The average Bonchev–Trinajstić information content (AvgIpc) is 2.81. The van der Waals surface area contributed by atoms with E-state index in [-0.39, 0.29) is 22.8 Å². The number of aromatic hydroxyl groups is 2. The molecule has 2 N–H and O–H groups in total. The number of benzene rings is 2. The number of ether oxygens (including phenoxy) is 2. The largest absolute Gasteiger partial charge is 0.508 e. The van der Waals surface area contributed by atoms with Gasteiger partial charge in [-0.1, -0.05) is 47.1 Å². The summed E-state index contributed by atoms with van der Waals surface area (Å²) in [6.07, 6.45) is 9.97. The van der Waals surface area contributed by atoms with Gasteiger partial charge in [0.05, 0.1) is 7.11 Å². The molecule has 5 heteroatoms.